The van der Waals surface area contributed by atoms with Crippen LogP contribution in [0.3, 0.4) is 0 Å². The van der Waals surface area contributed by atoms with Gasteiger partial charge >= 0.3 is 12.1 Å². The molecule has 2 aliphatic heterocycles. The third kappa shape index (κ3) is 7.78. The van der Waals surface area contributed by atoms with Crippen LogP contribution in [-0.4, -0.2) is 78.4 Å². The highest BCUT2D eigenvalue weighted by Gasteiger charge is 2.33. The number of fused-ring (bicyclic) bond motifs is 3. The van der Waals surface area contributed by atoms with E-state index >= 15 is 0 Å². The standard InChI is InChI=1S/C36H45N3O7/c1-23(2)32-22-45-35(43)31(17-5-3-4-11-24(34(42)37-32)19-33(41)39-18-10-12-25(39)20-40)38-36(44)46-21-30-28-15-8-6-13-26(28)27-14-7-9-16-29(27)30/h3-4,6-9,13-16,23-25,30-32,40H,5,10-12,17-22H2,1-2H3,(H,37,42)(H,38,44). The molecule has 3 N–H and O–H groups in total. The van der Waals surface area contributed by atoms with E-state index in [9.17, 15) is 24.3 Å². The first-order valence-corrected chi connectivity index (χ1v) is 16.4. The summed E-state index contributed by atoms with van der Waals surface area (Å²) in [6.45, 7) is 4.38. The first-order chi connectivity index (χ1) is 22.3. The largest absolute Gasteiger partial charge is 0.462 e. The molecule has 3 amide bonds. The zero-order valence-electron chi connectivity index (χ0n) is 26.7. The van der Waals surface area contributed by atoms with Crippen LogP contribution in [-0.2, 0) is 23.9 Å². The lowest BCUT2D eigenvalue weighted by Crippen LogP contribution is -2.48. The number of nitrogens with one attached hydrogen (secondary N) is 2. The average molecular weight is 632 g/mol. The van der Waals surface area contributed by atoms with Crippen LogP contribution in [0.4, 0.5) is 4.79 Å². The average Bonchev–Trinajstić information content (AvgIpc) is 3.66. The molecule has 10 nitrogen and oxygen atoms in total. The highest BCUT2D eigenvalue weighted by Crippen LogP contribution is 2.44. The van der Waals surface area contributed by atoms with Crippen molar-refractivity contribution < 1.29 is 33.8 Å². The summed E-state index contributed by atoms with van der Waals surface area (Å²) in [5.41, 5.74) is 4.44. The van der Waals surface area contributed by atoms with Crippen molar-refractivity contribution in [3.05, 3.63) is 71.8 Å². The molecule has 0 spiro atoms. The number of cyclic esters (lactones) is 1. The van der Waals surface area contributed by atoms with Gasteiger partial charge < -0.3 is 30.1 Å². The molecule has 0 aromatic heterocycles. The van der Waals surface area contributed by atoms with Crippen LogP contribution in [0.1, 0.15) is 69.4 Å². The maximum absolute atomic E-state index is 13.4. The number of aliphatic hydroxyl groups excluding tert-OH is 1. The Hall–Kier alpha value is -4.18. The highest BCUT2D eigenvalue weighted by molar-refractivity contribution is 5.86. The molecule has 2 aromatic carbocycles. The molecule has 2 aromatic rings. The molecular formula is C36H45N3O7. The molecule has 4 atom stereocenters. The molecule has 5 rings (SSSR count). The van der Waals surface area contributed by atoms with Crippen molar-refractivity contribution in [2.45, 2.75) is 76.4 Å². The van der Waals surface area contributed by atoms with E-state index in [4.69, 9.17) is 9.47 Å². The molecule has 0 bridgehead atoms. The number of rotatable bonds is 7. The van der Waals surface area contributed by atoms with Crippen molar-refractivity contribution in [3.8, 4) is 11.1 Å². The van der Waals surface area contributed by atoms with Gasteiger partial charge in [0.15, 0.2) is 0 Å². The first kappa shape index (κ1) is 33.2. The molecule has 4 unspecified atom stereocenters. The topological polar surface area (TPSA) is 134 Å². The van der Waals surface area contributed by atoms with Gasteiger partial charge in [-0.15, -0.1) is 0 Å². The van der Waals surface area contributed by atoms with Crippen LogP contribution in [0, 0.1) is 11.8 Å². The van der Waals surface area contributed by atoms with E-state index < -0.39 is 30.1 Å². The Morgan fingerprint density at radius 2 is 1.74 bits per heavy atom. The normalized spacial score (nSPS) is 23.8. The third-order valence-electron chi connectivity index (χ3n) is 9.37. The van der Waals surface area contributed by atoms with Gasteiger partial charge in [0, 0.05) is 18.9 Å². The van der Waals surface area contributed by atoms with E-state index in [-0.39, 0.29) is 62.4 Å². The van der Waals surface area contributed by atoms with Crippen molar-refractivity contribution in [2.75, 3.05) is 26.4 Å². The molecule has 1 saturated heterocycles. The summed E-state index contributed by atoms with van der Waals surface area (Å²) in [7, 11) is 0. The molecule has 1 fully saturated rings. The summed E-state index contributed by atoms with van der Waals surface area (Å²) >= 11 is 0. The summed E-state index contributed by atoms with van der Waals surface area (Å²) in [5, 5.41) is 15.4. The number of esters is 1. The predicted octanol–water partition coefficient (Wildman–Crippen LogP) is 4.31. The van der Waals surface area contributed by atoms with Crippen molar-refractivity contribution >= 4 is 23.9 Å². The minimum Gasteiger partial charge on any atom is -0.462 e. The molecule has 2 heterocycles. The van der Waals surface area contributed by atoms with Crippen LogP contribution >= 0.6 is 0 Å². The van der Waals surface area contributed by atoms with Gasteiger partial charge in [0.2, 0.25) is 11.8 Å². The summed E-state index contributed by atoms with van der Waals surface area (Å²) < 4.78 is 11.3. The Balaban J connectivity index is 1.22. The highest BCUT2D eigenvalue weighted by atomic mass is 16.6. The number of carbonyl (C=O) groups is 4. The van der Waals surface area contributed by atoms with Crippen molar-refractivity contribution in [3.63, 3.8) is 0 Å². The Morgan fingerprint density at radius 1 is 1.04 bits per heavy atom. The van der Waals surface area contributed by atoms with E-state index in [1.165, 1.54) is 0 Å². The van der Waals surface area contributed by atoms with Crippen LogP contribution in [0.2, 0.25) is 0 Å². The number of carbonyl (C=O) groups excluding carboxylic acids is 4. The minimum atomic E-state index is -0.937. The minimum absolute atomic E-state index is 0.0310. The molecule has 3 aliphatic rings. The van der Waals surface area contributed by atoms with E-state index in [1.807, 2.05) is 62.4 Å². The number of amides is 3. The fraction of sp³-hybridized carbons (Fsp3) is 0.500. The molecule has 10 heteroatoms. The summed E-state index contributed by atoms with van der Waals surface area (Å²) in [5.74, 6) is -1.79. The number of benzene rings is 2. The van der Waals surface area contributed by atoms with Gasteiger partial charge in [0.1, 0.15) is 19.3 Å². The van der Waals surface area contributed by atoms with Crippen molar-refractivity contribution in [2.24, 2.45) is 11.8 Å². The summed E-state index contributed by atoms with van der Waals surface area (Å²) in [4.78, 5) is 54.4. The number of allylic oxidation sites excluding steroid dienone is 2. The third-order valence-corrected chi connectivity index (χ3v) is 9.37. The molecule has 1 aliphatic carbocycles. The van der Waals surface area contributed by atoms with Gasteiger partial charge in [-0.2, -0.15) is 0 Å². The second kappa shape index (κ2) is 15.4. The van der Waals surface area contributed by atoms with Gasteiger partial charge in [-0.1, -0.05) is 74.5 Å². The lowest BCUT2D eigenvalue weighted by atomic mass is 9.96. The van der Waals surface area contributed by atoms with Crippen LogP contribution in [0.15, 0.2) is 60.7 Å². The van der Waals surface area contributed by atoms with E-state index in [0.717, 1.165) is 35.1 Å². The maximum Gasteiger partial charge on any atom is 0.407 e. The van der Waals surface area contributed by atoms with Gasteiger partial charge in [0.05, 0.1) is 24.6 Å². The zero-order chi connectivity index (χ0) is 32.6. The smallest absolute Gasteiger partial charge is 0.407 e. The number of aliphatic hydroxyl groups is 1. The van der Waals surface area contributed by atoms with Gasteiger partial charge in [-0.3, -0.25) is 9.59 Å². The van der Waals surface area contributed by atoms with Crippen molar-refractivity contribution in [1.82, 2.24) is 15.5 Å². The van der Waals surface area contributed by atoms with Crippen LogP contribution in [0.5, 0.6) is 0 Å². The first-order valence-electron chi connectivity index (χ1n) is 16.4. The number of nitrogens with zero attached hydrogens (tertiary/aromatic N) is 1. The number of alkyl carbamates (subject to hydrolysis) is 1. The fourth-order valence-electron chi connectivity index (χ4n) is 6.61. The van der Waals surface area contributed by atoms with Crippen LogP contribution < -0.4 is 10.6 Å². The monoisotopic (exact) mass is 631 g/mol. The summed E-state index contributed by atoms with van der Waals surface area (Å²) in [6, 6.07) is 14.5. The quantitative estimate of drug-likeness (QED) is 0.306. The fourth-order valence-corrected chi connectivity index (χ4v) is 6.61. The Morgan fingerprint density at radius 3 is 2.41 bits per heavy atom. The molecule has 0 radical (unpaired) electrons. The number of hydrogen-bond donors (Lipinski definition) is 3. The van der Waals surface area contributed by atoms with E-state index in [1.54, 1.807) is 4.90 Å². The SMILES string of the molecule is CC(C)C1COC(=O)C(NC(=O)OCC2c3ccccc3-c3ccccc32)CCC=CCC(CC(=O)N2CCCC2CO)C(=O)N1. The molecule has 46 heavy (non-hydrogen) atoms. The van der Waals surface area contributed by atoms with Crippen LogP contribution in [0.25, 0.3) is 11.1 Å². The van der Waals surface area contributed by atoms with Gasteiger partial charge in [-0.25, -0.2) is 9.59 Å². The van der Waals surface area contributed by atoms with E-state index in [0.29, 0.717) is 19.4 Å². The number of hydrogen-bond acceptors (Lipinski definition) is 7. The Bertz CT molecular complexity index is 1390. The summed E-state index contributed by atoms with van der Waals surface area (Å²) in [6.07, 6.45) is 5.69. The van der Waals surface area contributed by atoms with Gasteiger partial charge in [0.25, 0.3) is 0 Å². The lowest BCUT2D eigenvalue weighted by Gasteiger charge is -2.27. The number of ether oxygens (including phenoxy) is 2. The Kier molecular flexibility index (Phi) is 11.1. The Labute approximate surface area is 270 Å². The molecule has 0 saturated carbocycles. The predicted molar refractivity (Wildman–Crippen MR) is 173 cm³/mol. The van der Waals surface area contributed by atoms with Gasteiger partial charge in [-0.05, 0) is 60.3 Å². The molecule has 246 valence electrons. The van der Waals surface area contributed by atoms with Crippen molar-refractivity contribution in [1.29, 1.82) is 0 Å². The lowest BCUT2D eigenvalue weighted by molar-refractivity contribution is -0.148. The second-order valence-corrected chi connectivity index (χ2v) is 12.8. The number of likely N-dealkylation sites (tertiary alicyclic amines) is 1. The second-order valence-electron chi connectivity index (χ2n) is 12.8. The zero-order valence-corrected chi connectivity index (χ0v) is 26.7. The maximum atomic E-state index is 13.4. The molecular weight excluding hydrogens is 586 g/mol. The van der Waals surface area contributed by atoms with E-state index in [2.05, 4.69) is 22.8 Å².